The zero-order valence-corrected chi connectivity index (χ0v) is 10.3. The monoisotopic (exact) mass is 214 g/mol. The van der Waals surface area contributed by atoms with E-state index >= 15 is 0 Å². The van der Waals surface area contributed by atoms with Gasteiger partial charge in [-0.3, -0.25) is 0 Å². The molecule has 1 rings (SSSR count). The fourth-order valence-corrected chi connectivity index (χ4v) is 1.59. The van der Waals surface area contributed by atoms with Gasteiger partial charge in [0, 0.05) is 5.41 Å². The minimum atomic E-state index is -0.587. The van der Waals surface area contributed by atoms with Gasteiger partial charge in [-0.25, -0.2) is 0 Å². The average Bonchev–Trinajstić information content (AvgIpc) is 2.44. The van der Waals surface area contributed by atoms with Gasteiger partial charge < -0.3 is 14.6 Å². The van der Waals surface area contributed by atoms with Crippen LogP contribution in [0.2, 0.25) is 0 Å². The molecule has 1 saturated heterocycles. The predicted octanol–water partition coefficient (Wildman–Crippen LogP) is 2.10. The van der Waals surface area contributed by atoms with Crippen LogP contribution in [0.5, 0.6) is 0 Å². The Morgan fingerprint density at radius 2 is 2.07 bits per heavy atom. The summed E-state index contributed by atoms with van der Waals surface area (Å²) in [6, 6.07) is 0. The summed E-state index contributed by atoms with van der Waals surface area (Å²) >= 11 is 0. The molecule has 1 N–H and O–H groups in total. The van der Waals surface area contributed by atoms with Gasteiger partial charge >= 0.3 is 0 Å². The second-order valence-electron chi connectivity index (χ2n) is 5.31. The number of rotatable bonds is 3. The Kier molecular flexibility index (Phi) is 3.29. The van der Waals surface area contributed by atoms with Crippen molar-refractivity contribution in [1.29, 1.82) is 0 Å². The average molecular weight is 214 g/mol. The molecule has 0 bridgehead atoms. The summed E-state index contributed by atoms with van der Waals surface area (Å²) in [6.07, 6.45) is -0.858. The van der Waals surface area contributed by atoms with Crippen LogP contribution in [0.3, 0.4) is 0 Å². The van der Waals surface area contributed by atoms with Crippen molar-refractivity contribution in [3.05, 3.63) is 12.2 Å². The Morgan fingerprint density at radius 3 is 2.40 bits per heavy atom. The Balaban J connectivity index is 2.70. The summed E-state index contributed by atoms with van der Waals surface area (Å²) in [5.41, 5.74) is 0.595. The van der Waals surface area contributed by atoms with Gasteiger partial charge in [-0.05, 0) is 20.8 Å². The van der Waals surface area contributed by atoms with Crippen LogP contribution < -0.4 is 0 Å². The first-order valence-electron chi connectivity index (χ1n) is 5.32. The largest absolute Gasteiger partial charge is 0.389 e. The molecule has 0 unspecified atom stereocenters. The predicted molar refractivity (Wildman–Crippen MR) is 59.5 cm³/mol. The lowest BCUT2D eigenvalue weighted by Crippen LogP contribution is -2.42. The molecule has 1 aliphatic heterocycles. The van der Waals surface area contributed by atoms with Gasteiger partial charge in [-0.2, -0.15) is 0 Å². The summed E-state index contributed by atoms with van der Waals surface area (Å²) in [6.45, 7) is 13.9. The summed E-state index contributed by atoms with van der Waals surface area (Å²) in [5, 5.41) is 10.2. The highest BCUT2D eigenvalue weighted by Gasteiger charge is 2.43. The Bertz CT molecular complexity index is 256. The highest BCUT2D eigenvalue weighted by molar-refractivity contribution is 5.08. The molecule has 0 radical (unpaired) electrons. The lowest BCUT2D eigenvalue weighted by Gasteiger charge is -2.34. The number of hydrogen-bond donors (Lipinski definition) is 1. The van der Waals surface area contributed by atoms with Gasteiger partial charge in [0.15, 0.2) is 5.79 Å². The van der Waals surface area contributed by atoms with Crippen LogP contribution in [-0.4, -0.2) is 29.7 Å². The van der Waals surface area contributed by atoms with Crippen molar-refractivity contribution < 1.29 is 14.6 Å². The summed E-state index contributed by atoms with van der Waals surface area (Å²) < 4.78 is 11.1. The van der Waals surface area contributed by atoms with Gasteiger partial charge in [-0.1, -0.05) is 26.0 Å². The van der Waals surface area contributed by atoms with Crippen LogP contribution in [0.15, 0.2) is 12.2 Å². The third-order valence-electron chi connectivity index (χ3n) is 3.22. The summed E-state index contributed by atoms with van der Waals surface area (Å²) in [7, 11) is 0. The molecule has 0 aromatic heterocycles. The van der Waals surface area contributed by atoms with Crippen molar-refractivity contribution >= 4 is 0 Å². The van der Waals surface area contributed by atoms with E-state index in [9.17, 15) is 5.11 Å². The first kappa shape index (κ1) is 12.7. The maximum absolute atomic E-state index is 10.2. The van der Waals surface area contributed by atoms with Gasteiger partial charge in [0.25, 0.3) is 0 Å². The van der Waals surface area contributed by atoms with E-state index in [0.717, 1.165) is 5.57 Å². The molecule has 3 heteroatoms. The maximum atomic E-state index is 10.2. The van der Waals surface area contributed by atoms with E-state index in [1.165, 1.54) is 0 Å². The molecule has 15 heavy (non-hydrogen) atoms. The smallest absolute Gasteiger partial charge is 0.163 e. The molecule has 0 amide bonds. The molecule has 3 nitrogen and oxygen atoms in total. The Labute approximate surface area is 92.1 Å². The van der Waals surface area contributed by atoms with Crippen LogP contribution in [-0.2, 0) is 9.47 Å². The second-order valence-corrected chi connectivity index (χ2v) is 5.31. The summed E-state index contributed by atoms with van der Waals surface area (Å²) in [5.74, 6) is -0.587. The topological polar surface area (TPSA) is 38.7 Å². The number of ether oxygens (including phenoxy) is 2. The molecule has 0 saturated carbocycles. The molecule has 1 aliphatic rings. The number of hydrogen-bond acceptors (Lipinski definition) is 3. The fraction of sp³-hybridized carbons (Fsp3) is 0.833. The van der Waals surface area contributed by atoms with Crippen molar-refractivity contribution in [2.24, 2.45) is 5.41 Å². The quantitative estimate of drug-likeness (QED) is 0.731. The molecule has 0 aromatic carbocycles. The molecular formula is C12H22O3. The minimum Gasteiger partial charge on any atom is -0.389 e. The van der Waals surface area contributed by atoms with Crippen molar-refractivity contribution in [3.63, 3.8) is 0 Å². The van der Waals surface area contributed by atoms with Crippen LogP contribution in [0.4, 0.5) is 0 Å². The van der Waals surface area contributed by atoms with Crippen LogP contribution in [0.25, 0.3) is 0 Å². The van der Waals surface area contributed by atoms with E-state index in [4.69, 9.17) is 9.47 Å². The normalized spacial score (nSPS) is 27.7. The zero-order chi connectivity index (χ0) is 11.9. The van der Waals surface area contributed by atoms with E-state index in [-0.39, 0.29) is 11.5 Å². The minimum absolute atomic E-state index is 0.272. The fourth-order valence-electron chi connectivity index (χ4n) is 1.59. The van der Waals surface area contributed by atoms with Gasteiger partial charge in [-0.15, -0.1) is 0 Å². The molecular weight excluding hydrogens is 192 g/mol. The van der Waals surface area contributed by atoms with Crippen molar-refractivity contribution in [2.45, 2.75) is 52.6 Å². The molecule has 0 aliphatic carbocycles. The van der Waals surface area contributed by atoms with Gasteiger partial charge in [0.1, 0.15) is 6.10 Å². The van der Waals surface area contributed by atoms with Gasteiger partial charge in [0.05, 0.1) is 12.7 Å². The van der Waals surface area contributed by atoms with Crippen molar-refractivity contribution in [3.8, 4) is 0 Å². The molecule has 0 spiro atoms. The third-order valence-corrected chi connectivity index (χ3v) is 3.22. The van der Waals surface area contributed by atoms with E-state index in [2.05, 4.69) is 6.58 Å². The zero-order valence-electron chi connectivity index (χ0n) is 10.3. The second kappa shape index (κ2) is 3.89. The first-order chi connectivity index (χ1) is 6.67. The molecule has 88 valence electrons. The third kappa shape index (κ3) is 2.60. The first-order valence-corrected chi connectivity index (χ1v) is 5.32. The van der Waals surface area contributed by atoms with E-state index in [1.54, 1.807) is 0 Å². The highest BCUT2D eigenvalue weighted by Crippen LogP contribution is 2.35. The van der Waals surface area contributed by atoms with Crippen LogP contribution >= 0.6 is 0 Å². The number of aliphatic hydroxyl groups excluding tert-OH is 1. The Hall–Kier alpha value is -0.380. The van der Waals surface area contributed by atoms with Gasteiger partial charge in [0.2, 0.25) is 0 Å². The van der Waals surface area contributed by atoms with Crippen molar-refractivity contribution in [2.75, 3.05) is 6.61 Å². The highest BCUT2D eigenvalue weighted by atomic mass is 16.7. The standard InChI is InChI=1S/C12H22O3/c1-8(2)11(3,4)10(13)9-7-14-12(5,6)15-9/h9-10,13H,1,7H2,2-6H3/t9-,10+/m1/s1. The molecule has 1 fully saturated rings. The van der Waals surface area contributed by atoms with E-state index < -0.39 is 11.9 Å². The lowest BCUT2D eigenvalue weighted by molar-refractivity contribution is -0.158. The molecule has 1 heterocycles. The SMILES string of the molecule is C=C(C)C(C)(C)[C@@H](O)[C@H]1COC(C)(C)O1. The molecule has 0 aromatic rings. The van der Waals surface area contributed by atoms with Crippen LogP contribution in [0.1, 0.15) is 34.6 Å². The van der Waals surface area contributed by atoms with Crippen LogP contribution in [0, 0.1) is 5.41 Å². The summed E-state index contributed by atoms with van der Waals surface area (Å²) in [4.78, 5) is 0. The molecule has 2 atom stereocenters. The Morgan fingerprint density at radius 1 is 1.53 bits per heavy atom. The van der Waals surface area contributed by atoms with E-state index in [0.29, 0.717) is 6.61 Å². The number of aliphatic hydroxyl groups is 1. The van der Waals surface area contributed by atoms with Crippen molar-refractivity contribution in [1.82, 2.24) is 0 Å². The maximum Gasteiger partial charge on any atom is 0.163 e. The lowest BCUT2D eigenvalue weighted by atomic mass is 9.78. The van der Waals surface area contributed by atoms with E-state index in [1.807, 2.05) is 34.6 Å².